The van der Waals surface area contributed by atoms with E-state index in [1.807, 2.05) is 6.07 Å². The van der Waals surface area contributed by atoms with Gasteiger partial charge in [0.15, 0.2) is 11.5 Å². The molecule has 1 aromatic carbocycles. The molecule has 2 aliphatic heterocycles. The third-order valence-electron chi connectivity index (χ3n) is 4.61. The summed E-state index contributed by atoms with van der Waals surface area (Å²) in [4.78, 5) is 2.34. The monoisotopic (exact) mass is 324 g/mol. The van der Waals surface area contributed by atoms with Crippen LogP contribution in [0.15, 0.2) is 12.1 Å². The summed E-state index contributed by atoms with van der Waals surface area (Å²) in [7, 11) is 2.14. The van der Waals surface area contributed by atoms with Crippen molar-refractivity contribution < 1.29 is 9.47 Å². The van der Waals surface area contributed by atoms with Crippen LogP contribution in [0.5, 0.6) is 11.5 Å². The van der Waals surface area contributed by atoms with Gasteiger partial charge in [-0.2, -0.15) is 0 Å². The molecular formula is C17H25ClN2O2. The second kappa shape index (κ2) is 5.91. The number of likely N-dealkylation sites (tertiary alicyclic amines) is 1. The molecule has 122 valence electrons. The zero-order valence-electron chi connectivity index (χ0n) is 13.6. The number of nitrogens with zero attached hydrogens (tertiary/aromatic N) is 1. The Hall–Kier alpha value is -0.970. The van der Waals surface area contributed by atoms with Gasteiger partial charge in [-0.1, -0.05) is 25.4 Å². The van der Waals surface area contributed by atoms with Gasteiger partial charge in [-0.05, 0) is 43.6 Å². The van der Waals surface area contributed by atoms with Crippen molar-refractivity contribution in [2.45, 2.75) is 26.3 Å². The maximum atomic E-state index is 6.46. The summed E-state index contributed by atoms with van der Waals surface area (Å²) in [6.45, 7) is 7.26. The first-order chi connectivity index (χ1) is 10.4. The highest BCUT2D eigenvalue weighted by atomic mass is 35.5. The van der Waals surface area contributed by atoms with Crippen molar-refractivity contribution in [3.63, 3.8) is 0 Å². The molecule has 0 aromatic heterocycles. The first-order valence-electron chi connectivity index (χ1n) is 7.89. The van der Waals surface area contributed by atoms with E-state index in [1.54, 1.807) is 0 Å². The molecule has 4 nitrogen and oxygen atoms in total. The van der Waals surface area contributed by atoms with E-state index < -0.39 is 0 Å². The Bertz CT molecular complexity index is 562. The SMILES string of the molecule is CN1CC(CN)CC1c1cc(Cl)c2c(c1)OCC(C)(C)CO2. The first-order valence-corrected chi connectivity index (χ1v) is 8.27. The van der Waals surface area contributed by atoms with Crippen LogP contribution in [0.2, 0.25) is 5.02 Å². The third-order valence-corrected chi connectivity index (χ3v) is 4.89. The normalized spacial score (nSPS) is 27.7. The van der Waals surface area contributed by atoms with Gasteiger partial charge in [0, 0.05) is 18.0 Å². The lowest BCUT2D eigenvalue weighted by atomic mass is 9.97. The molecule has 2 atom stereocenters. The Morgan fingerprint density at radius 3 is 2.73 bits per heavy atom. The van der Waals surface area contributed by atoms with E-state index in [-0.39, 0.29) is 5.41 Å². The number of fused-ring (bicyclic) bond motifs is 1. The van der Waals surface area contributed by atoms with E-state index in [4.69, 9.17) is 26.8 Å². The van der Waals surface area contributed by atoms with Crippen LogP contribution in [-0.2, 0) is 0 Å². The number of hydrogen-bond acceptors (Lipinski definition) is 4. The Kier molecular flexibility index (Phi) is 4.27. The molecule has 0 aliphatic carbocycles. The van der Waals surface area contributed by atoms with Crippen LogP contribution in [0.3, 0.4) is 0 Å². The second-order valence-corrected chi connectivity index (χ2v) is 7.77. The third kappa shape index (κ3) is 3.05. The molecular weight excluding hydrogens is 300 g/mol. The molecule has 2 unspecified atom stereocenters. The maximum absolute atomic E-state index is 6.46. The molecule has 2 N–H and O–H groups in total. The predicted molar refractivity (Wildman–Crippen MR) is 88.8 cm³/mol. The van der Waals surface area contributed by atoms with Crippen molar-refractivity contribution in [1.29, 1.82) is 0 Å². The quantitative estimate of drug-likeness (QED) is 0.908. The summed E-state index contributed by atoms with van der Waals surface area (Å²) in [5.41, 5.74) is 7.00. The van der Waals surface area contributed by atoms with Gasteiger partial charge < -0.3 is 15.2 Å². The molecule has 1 saturated heterocycles. The Balaban J connectivity index is 1.90. The highest BCUT2D eigenvalue weighted by molar-refractivity contribution is 6.32. The number of nitrogens with two attached hydrogens (primary N) is 1. The Morgan fingerprint density at radius 1 is 1.32 bits per heavy atom. The lowest BCUT2D eigenvalue weighted by Gasteiger charge is -2.21. The molecule has 2 heterocycles. The van der Waals surface area contributed by atoms with Crippen LogP contribution in [0.25, 0.3) is 0 Å². The molecule has 22 heavy (non-hydrogen) atoms. The molecule has 0 radical (unpaired) electrons. The molecule has 0 spiro atoms. The number of halogens is 1. The fraction of sp³-hybridized carbons (Fsp3) is 0.647. The largest absolute Gasteiger partial charge is 0.489 e. The zero-order valence-corrected chi connectivity index (χ0v) is 14.3. The number of hydrogen-bond donors (Lipinski definition) is 1. The van der Waals surface area contributed by atoms with Gasteiger partial charge in [0.05, 0.1) is 18.2 Å². The van der Waals surface area contributed by atoms with Crippen LogP contribution in [0.1, 0.15) is 31.9 Å². The van der Waals surface area contributed by atoms with Crippen LogP contribution in [0.4, 0.5) is 0 Å². The van der Waals surface area contributed by atoms with E-state index in [0.29, 0.717) is 35.9 Å². The van der Waals surface area contributed by atoms with Gasteiger partial charge in [-0.15, -0.1) is 0 Å². The predicted octanol–water partition coefficient (Wildman–Crippen LogP) is 3.09. The molecule has 1 fully saturated rings. The Morgan fingerprint density at radius 2 is 2.05 bits per heavy atom. The van der Waals surface area contributed by atoms with E-state index in [9.17, 15) is 0 Å². The number of rotatable bonds is 2. The van der Waals surface area contributed by atoms with Crippen LogP contribution in [-0.4, -0.2) is 38.3 Å². The zero-order chi connectivity index (χ0) is 15.9. The van der Waals surface area contributed by atoms with E-state index >= 15 is 0 Å². The molecule has 3 rings (SSSR count). The van der Waals surface area contributed by atoms with Gasteiger partial charge in [-0.3, -0.25) is 4.90 Å². The van der Waals surface area contributed by atoms with Gasteiger partial charge in [0.1, 0.15) is 0 Å². The van der Waals surface area contributed by atoms with Gasteiger partial charge >= 0.3 is 0 Å². The fourth-order valence-corrected chi connectivity index (χ4v) is 3.55. The second-order valence-electron chi connectivity index (χ2n) is 7.36. The van der Waals surface area contributed by atoms with Crippen molar-refractivity contribution >= 4 is 11.6 Å². The number of ether oxygens (including phenoxy) is 2. The lowest BCUT2D eigenvalue weighted by molar-refractivity contribution is 0.140. The van der Waals surface area contributed by atoms with E-state index in [0.717, 1.165) is 25.3 Å². The van der Waals surface area contributed by atoms with Crippen molar-refractivity contribution in [3.8, 4) is 11.5 Å². The standard InChI is InChI=1S/C17H25ClN2O2/c1-17(2)9-21-15-6-12(5-13(18)16(15)22-10-17)14-4-11(7-19)8-20(14)3/h5-6,11,14H,4,7-10,19H2,1-3H3. The highest BCUT2D eigenvalue weighted by Gasteiger charge is 2.32. The lowest BCUT2D eigenvalue weighted by Crippen LogP contribution is -2.26. The summed E-state index contributed by atoms with van der Waals surface area (Å²) in [6, 6.07) is 4.45. The van der Waals surface area contributed by atoms with Crippen molar-refractivity contribution in [2.24, 2.45) is 17.1 Å². The van der Waals surface area contributed by atoms with E-state index in [2.05, 4.69) is 31.9 Å². The minimum atomic E-state index is -0.0166. The molecule has 1 aromatic rings. The average Bonchev–Trinajstić information content (AvgIpc) is 2.76. The summed E-state index contributed by atoms with van der Waals surface area (Å²) in [5.74, 6) is 1.98. The van der Waals surface area contributed by atoms with Crippen LogP contribution < -0.4 is 15.2 Å². The van der Waals surface area contributed by atoms with Crippen molar-refractivity contribution in [2.75, 3.05) is 33.4 Å². The first kappa shape index (κ1) is 15.9. The van der Waals surface area contributed by atoms with Gasteiger partial charge in [-0.25, -0.2) is 0 Å². The molecule has 0 amide bonds. The highest BCUT2D eigenvalue weighted by Crippen LogP contribution is 2.44. The average molecular weight is 325 g/mol. The topological polar surface area (TPSA) is 47.7 Å². The molecule has 0 bridgehead atoms. The van der Waals surface area contributed by atoms with Crippen LogP contribution in [0, 0.1) is 11.3 Å². The molecule has 5 heteroatoms. The van der Waals surface area contributed by atoms with Crippen LogP contribution >= 0.6 is 11.6 Å². The minimum Gasteiger partial charge on any atom is -0.489 e. The maximum Gasteiger partial charge on any atom is 0.179 e. The summed E-state index contributed by atoms with van der Waals surface area (Å²) in [6.07, 6.45) is 1.06. The molecule has 0 saturated carbocycles. The summed E-state index contributed by atoms with van der Waals surface area (Å²) in [5, 5.41) is 0.634. The van der Waals surface area contributed by atoms with E-state index in [1.165, 1.54) is 5.56 Å². The Labute approximate surface area is 137 Å². The minimum absolute atomic E-state index is 0.0166. The van der Waals surface area contributed by atoms with Crippen molar-refractivity contribution in [1.82, 2.24) is 4.90 Å². The van der Waals surface area contributed by atoms with Gasteiger partial charge in [0.25, 0.3) is 0 Å². The summed E-state index contributed by atoms with van der Waals surface area (Å²) >= 11 is 6.46. The smallest absolute Gasteiger partial charge is 0.179 e. The van der Waals surface area contributed by atoms with Crippen molar-refractivity contribution in [3.05, 3.63) is 22.7 Å². The number of benzene rings is 1. The summed E-state index contributed by atoms with van der Waals surface area (Å²) < 4.78 is 11.9. The fourth-order valence-electron chi connectivity index (χ4n) is 3.28. The van der Waals surface area contributed by atoms with Gasteiger partial charge in [0.2, 0.25) is 0 Å². The molecule has 2 aliphatic rings.